The Hall–Kier alpha value is -0.540. The van der Waals surface area contributed by atoms with Gasteiger partial charge in [-0.05, 0) is 34.6 Å². The Morgan fingerprint density at radius 1 is 1.29 bits per heavy atom. The molecule has 0 saturated heterocycles. The summed E-state index contributed by atoms with van der Waals surface area (Å²) in [6, 6.07) is 0. The van der Waals surface area contributed by atoms with Crippen LogP contribution in [0.5, 0.6) is 0 Å². The van der Waals surface area contributed by atoms with Gasteiger partial charge in [0, 0.05) is 11.1 Å². The molecule has 0 fully saturated rings. The summed E-state index contributed by atoms with van der Waals surface area (Å²) in [5, 5.41) is 0. The fourth-order valence-electron chi connectivity index (χ4n) is 0.450. The molecule has 0 aliphatic carbocycles. The van der Waals surface area contributed by atoms with Crippen molar-refractivity contribution in [2.24, 2.45) is 5.73 Å². The third-order valence-electron chi connectivity index (χ3n) is 2.25. The van der Waals surface area contributed by atoms with Crippen molar-refractivity contribution in [1.29, 1.82) is 0 Å². The maximum absolute atomic E-state index is 11.2. The van der Waals surface area contributed by atoms with E-state index in [4.69, 9.17) is 10.5 Å². The highest BCUT2D eigenvalue weighted by Crippen LogP contribution is 2.23. The van der Waals surface area contributed by atoms with Crippen LogP contribution in [0.15, 0.2) is 12.2 Å². The predicted molar refractivity (Wildman–Crippen MR) is 60.5 cm³/mol. The van der Waals surface area contributed by atoms with E-state index in [9.17, 15) is 4.79 Å². The molecule has 14 heavy (non-hydrogen) atoms. The quantitative estimate of drug-likeness (QED) is 0.586. The summed E-state index contributed by atoms with van der Waals surface area (Å²) < 4.78 is 5.20. The van der Waals surface area contributed by atoms with E-state index in [0.29, 0.717) is 5.57 Å². The molecular formula is C10H20ClNO2. The first kappa shape index (κ1) is 15.9. The monoisotopic (exact) mass is 221 g/mol. The topological polar surface area (TPSA) is 52.3 Å². The van der Waals surface area contributed by atoms with E-state index in [1.54, 1.807) is 20.8 Å². The molecule has 0 aromatic carbocycles. The second kappa shape index (κ2) is 4.80. The van der Waals surface area contributed by atoms with Gasteiger partial charge in [0.15, 0.2) is 0 Å². The van der Waals surface area contributed by atoms with Crippen molar-refractivity contribution in [2.75, 3.05) is 0 Å². The number of carbonyl (C=O) groups is 1. The molecule has 0 bridgehead atoms. The Morgan fingerprint density at radius 2 is 1.64 bits per heavy atom. The zero-order valence-electron chi connectivity index (χ0n) is 9.51. The number of nitrogens with two attached hydrogens (primary N) is 1. The van der Waals surface area contributed by atoms with Crippen LogP contribution < -0.4 is 5.73 Å². The number of carbonyl (C=O) groups excluding carboxylic acids is 1. The maximum atomic E-state index is 11.2. The SMILES string of the molecule is C=C(C)C(=O)OC(C)(C)C(C)(C)N.Cl. The van der Waals surface area contributed by atoms with Crippen molar-refractivity contribution in [3.63, 3.8) is 0 Å². The van der Waals surface area contributed by atoms with Gasteiger partial charge in [0.2, 0.25) is 0 Å². The number of hydrogen-bond acceptors (Lipinski definition) is 3. The first-order valence-electron chi connectivity index (χ1n) is 4.25. The minimum atomic E-state index is -0.691. The predicted octanol–water partition coefficient (Wildman–Crippen LogP) is 2.04. The van der Waals surface area contributed by atoms with Crippen LogP contribution in [-0.4, -0.2) is 17.1 Å². The summed E-state index contributed by atoms with van der Waals surface area (Å²) in [4.78, 5) is 11.2. The summed E-state index contributed by atoms with van der Waals surface area (Å²) in [5.74, 6) is -0.400. The van der Waals surface area contributed by atoms with Gasteiger partial charge in [-0.25, -0.2) is 4.79 Å². The van der Waals surface area contributed by atoms with E-state index < -0.39 is 17.1 Å². The molecule has 0 atom stereocenters. The lowest BCUT2D eigenvalue weighted by atomic mass is 9.87. The van der Waals surface area contributed by atoms with Crippen molar-refractivity contribution in [1.82, 2.24) is 0 Å². The van der Waals surface area contributed by atoms with Gasteiger partial charge >= 0.3 is 5.97 Å². The molecule has 0 aromatic rings. The summed E-state index contributed by atoms with van der Waals surface area (Å²) in [7, 11) is 0. The van der Waals surface area contributed by atoms with E-state index in [0.717, 1.165) is 0 Å². The first-order chi connectivity index (χ1) is 5.58. The first-order valence-corrected chi connectivity index (χ1v) is 4.25. The zero-order chi connectivity index (χ0) is 10.9. The summed E-state index contributed by atoms with van der Waals surface area (Å²) >= 11 is 0. The molecule has 4 heteroatoms. The third kappa shape index (κ3) is 4.11. The Bertz CT molecular complexity index is 229. The molecule has 0 aliphatic rings. The van der Waals surface area contributed by atoms with Crippen LogP contribution >= 0.6 is 12.4 Å². The second-order valence-corrected chi connectivity index (χ2v) is 4.40. The van der Waals surface area contributed by atoms with E-state index in [-0.39, 0.29) is 12.4 Å². The van der Waals surface area contributed by atoms with E-state index in [1.165, 1.54) is 0 Å². The van der Waals surface area contributed by atoms with Crippen LogP contribution in [0.2, 0.25) is 0 Å². The van der Waals surface area contributed by atoms with Crippen LogP contribution in [0, 0.1) is 0 Å². The Morgan fingerprint density at radius 3 is 1.86 bits per heavy atom. The van der Waals surface area contributed by atoms with Gasteiger partial charge in [-0.3, -0.25) is 0 Å². The van der Waals surface area contributed by atoms with E-state index in [1.807, 2.05) is 13.8 Å². The molecule has 0 radical (unpaired) electrons. The molecule has 0 heterocycles. The molecule has 0 aliphatic heterocycles. The van der Waals surface area contributed by atoms with E-state index in [2.05, 4.69) is 6.58 Å². The zero-order valence-corrected chi connectivity index (χ0v) is 10.3. The maximum Gasteiger partial charge on any atom is 0.333 e. The smallest absolute Gasteiger partial charge is 0.333 e. The van der Waals surface area contributed by atoms with Gasteiger partial charge in [0.1, 0.15) is 5.60 Å². The normalized spacial score (nSPS) is 11.6. The van der Waals surface area contributed by atoms with Crippen LogP contribution in [-0.2, 0) is 9.53 Å². The summed E-state index contributed by atoms with van der Waals surface area (Å²) in [6.45, 7) is 12.3. The molecule has 2 N–H and O–H groups in total. The molecule has 0 saturated carbocycles. The highest BCUT2D eigenvalue weighted by atomic mass is 35.5. The Labute approximate surface area is 92.1 Å². The molecule has 3 nitrogen and oxygen atoms in total. The largest absolute Gasteiger partial charge is 0.454 e. The van der Waals surface area contributed by atoms with Gasteiger partial charge in [0.25, 0.3) is 0 Å². The highest BCUT2D eigenvalue weighted by Gasteiger charge is 2.37. The molecular weight excluding hydrogens is 202 g/mol. The number of rotatable bonds is 3. The summed E-state index contributed by atoms with van der Waals surface area (Å²) in [5.41, 5.74) is 4.98. The van der Waals surface area contributed by atoms with Crippen molar-refractivity contribution in [3.8, 4) is 0 Å². The van der Waals surface area contributed by atoms with Crippen molar-refractivity contribution in [2.45, 2.75) is 45.8 Å². The minimum Gasteiger partial charge on any atom is -0.454 e. The van der Waals surface area contributed by atoms with Crippen molar-refractivity contribution < 1.29 is 9.53 Å². The van der Waals surface area contributed by atoms with Crippen LogP contribution in [0.3, 0.4) is 0 Å². The fraction of sp³-hybridized carbons (Fsp3) is 0.700. The Kier molecular flexibility index (Phi) is 5.46. The standard InChI is InChI=1S/C10H19NO2.ClH/c1-7(2)8(12)13-10(5,6)9(3,4)11;/h1,11H2,2-6H3;1H. The van der Waals surface area contributed by atoms with Crippen LogP contribution in [0.1, 0.15) is 34.6 Å². The lowest BCUT2D eigenvalue weighted by Gasteiger charge is -2.37. The molecule has 0 spiro atoms. The number of ether oxygens (including phenoxy) is 1. The molecule has 0 rings (SSSR count). The number of esters is 1. The third-order valence-corrected chi connectivity index (χ3v) is 2.25. The van der Waals surface area contributed by atoms with Crippen molar-refractivity contribution >= 4 is 18.4 Å². The van der Waals surface area contributed by atoms with Gasteiger partial charge < -0.3 is 10.5 Å². The molecule has 0 aromatic heterocycles. The lowest BCUT2D eigenvalue weighted by Crippen LogP contribution is -2.55. The molecule has 84 valence electrons. The molecule has 0 unspecified atom stereocenters. The minimum absolute atomic E-state index is 0. The number of halogens is 1. The number of hydrogen-bond donors (Lipinski definition) is 1. The van der Waals surface area contributed by atoms with Crippen LogP contribution in [0.25, 0.3) is 0 Å². The second-order valence-electron chi connectivity index (χ2n) is 4.40. The van der Waals surface area contributed by atoms with Crippen molar-refractivity contribution in [3.05, 3.63) is 12.2 Å². The summed E-state index contributed by atoms with van der Waals surface area (Å²) in [6.07, 6.45) is 0. The fourth-order valence-corrected chi connectivity index (χ4v) is 0.450. The van der Waals surface area contributed by atoms with E-state index >= 15 is 0 Å². The van der Waals surface area contributed by atoms with Gasteiger partial charge in [-0.2, -0.15) is 0 Å². The average molecular weight is 222 g/mol. The molecule has 0 amide bonds. The Balaban J connectivity index is 0. The van der Waals surface area contributed by atoms with Gasteiger partial charge in [-0.15, -0.1) is 12.4 Å². The van der Waals surface area contributed by atoms with Gasteiger partial charge in [0.05, 0.1) is 0 Å². The van der Waals surface area contributed by atoms with Crippen LogP contribution in [0.4, 0.5) is 0 Å². The highest BCUT2D eigenvalue weighted by molar-refractivity contribution is 5.87. The lowest BCUT2D eigenvalue weighted by molar-refractivity contribution is -0.157. The average Bonchev–Trinajstić information content (AvgIpc) is 1.83. The van der Waals surface area contributed by atoms with Gasteiger partial charge in [-0.1, -0.05) is 6.58 Å².